The topological polar surface area (TPSA) is 74.8 Å². The van der Waals surface area contributed by atoms with Crippen molar-refractivity contribution >= 4 is 39.4 Å². The Morgan fingerprint density at radius 1 is 1.50 bits per heavy atom. The van der Waals surface area contributed by atoms with E-state index in [9.17, 15) is 0 Å². The van der Waals surface area contributed by atoms with Gasteiger partial charge in [0.2, 0.25) is 11.8 Å². The van der Waals surface area contributed by atoms with Crippen LogP contribution >= 0.6 is 27.5 Å². The first-order valence-electron chi connectivity index (χ1n) is 5.10. The highest BCUT2D eigenvalue weighted by molar-refractivity contribution is 9.10. The second-order valence-corrected chi connectivity index (χ2v) is 4.63. The monoisotopic (exact) mass is 328 g/mol. The highest BCUT2D eigenvalue weighted by Gasteiger charge is 2.15. The molecule has 0 saturated carbocycles. The van der Waals surface area contributed by atoms with Gasteiger partial charge in [-0.15, -0.1) is 21.8 Å². The van der Waals surface area contributed by atoms with Crippen molar-refractivity contribution in [1.82, 2.24) is 10.2 Å². The van der Waals surface area contributed by atoms with Crippen molar-refractivity contribution in [3.05, 3.63) is 28.1 Å². The van der Waals surface area contributed by atoms with Crippen molar-refractivity contribution in [1.29, 1.82) is 5.41 Å². The summed E-state index contributed by atoms with van der Waals surface area (Å²) in [6.07, 6.45) is 1.25. The third-order valence-electron chi connectivity index (χ3n) is 2.37. The molecule has 0 saturated heterocycles. The van der Waals surface area contributed by atoms with Gasteiger partial charge in [-0.2, -0.15) is 0 Å². The maximum atomic E-state index is 7.50. The summed E-state index contributed by atoms with van der Waals surface area (Å²) in [5.41, 5.74) is 2.18. The van der Waals surface area contributed by atoms with Crippen molar-refractivity contribution < 1.29 is 4.42 Å². The van der Waals surface area contributed by atoms with E-state index >= 15 is 0 Å². The van der Waals surface area contributed by atoms with Gasteiger partial charge >= 0.3 is 0 Å². The summed E-state index contributed by atoms with van der Waals surface area (Å²) < 4.78 is 6.27. The van der Waals surface area contributed by atoms with Crippen LogP contribution in [0.4, 0.5) is 5.69 Å². The first-order chi connectivity index (χ1) is 8.69. The number of anilines is 1. The van der Waals surface area contributed by atoms with Crippen LogP contribution in [0.1, 0.15) is 11.5 Å². The molecule has 1 aromatic carbocycles. The van der Waals surface area contributed by atoms with Crippen molar-refractivity contribution in [3.63, 3.8) is 0 Å². The number of nitrogens with one attached hydrogen (secondary N) is 2. The molecule has 2 N–H and O–H groups in total. The molecule has 0 radical (unpaired) electrons. The fourth-order valence-corrected chi connectivity index (χ4v) is 2.14. The number of halogens is 2. The van der Waals surface area contributed by atoms with Crippen LogP contribution in [0.15, 0.2) is 21.0 Å². The first-order valence-corrected chi connectivity index (χ1v) is 6.42. The van der Waals surface area contributed by atoms with Gasteiger partial charge in [0.15, 0.2) is 0 Å². The molecule has 0 aliphatic rings. The molecule has 0 aliphatic heterocycles. The van der Waals surface area contributed by atoms with Crippen LogP contribution in [0, 0.1) is 5.41 Å². The molecule has 1 heterocycles. The Bertz CT molecular complexity index is 584. The van der Waals surface area contributed by atoms with E-state index in [2.05, 4.69) is 31.4 Å². The largest absolute Gasteiger partial charge is 0.419 e. The fourth-order valence-electron chi connectivity index (χ4n) is 1.57. The normalized spacial score (nSPS) is 10.4. The molecule has 18 heavy (non-hydrogen) atoms. The van der Waals surface area contributed by atoms with E-state index in [1.54, 1.807) is 7.05 Å². The maximum Gasteiger partial charge on any atom is 0.248 e. The Hall–Kier alpha value is -1.40. The third kappa shape index (κ3) is 2.39. The van der Waals surface area contributed by atoms with Gasteiger partial charge in [0.05, 0.1) is 5.56 Å². The van der Waals surface area contributed by atoms with E-state index in [1.807, 2.05) is 12.1 Å². The molecule has 7 heteroatoms. The Kier molecular flexibility index (Phi) is 3.98. The zero-order valence-electron chi connectivity index (χ0n) is 9.50. The van der Waals surface area contributed by atoms with Gasteiger partial charge < -0.3 is 15.1 Å². The molecule has 0 spiro atoms. The van der Waals surface area contributed by atoms with Gasteiger partial charge in [0.25, 0.3) is 0 Å². The van der Waals surface area contributed by atoms with E-state index in [0.29, 0.717) is 22.9 Å². The van der Waals surface area contributed by atoms with Crippen LogP contribution in [0.2, 0.25) is 0 Å². The molecular weight excluding hydrogens is 320 g/mol. The number of hydrogen-bond donors (Lipinski definition) is 2. The lowest BCUT2D eigenvalue weighted by atomic mass is 10.1. The summed E-state index contributed by atoms with van der Waals surface area (Å²) >= 11 is 9.04. The summed E-state index contributed by atoms with van der Waals surface area (Å²) in [5.74, 6) is 0.871. The van der Waals surface area contributed by atoms with Crippen molar-refractivity contribution in [3.8, 4) is 11.5 Å². The maximum absolute atomic E-state index is 7.50. The van der Waals surface area contributed by atoms with Crippen LogP contribution in [-0.4, -0.2) is 23.5 Å². The molecule has 2 aromatic rings. The predicted molar refractivity (Wildman–Crippen MR) is 74.4 cm³/mol. The Morgan fingerprint density at radius 3 is 2.83 bits per heavy atom. The number of alkyl halides is 1. The molecule has 94 valence electrons. The summed E-state index contributed by atoms with van der Waals surface area (Å²) in [6, 6.07) is 3.70. The van der Waals surface area contributed by atoms with Crippen LogP contribution in [0.5, 0.6) is 0 Å². The van der Waals surface area contributed by atoms with Crippen LogP contribution < -0.4 is 5.32 Å². The minimum atomic E-state index is 0.166. The molecule has 0 amide bonds. The number of hydrogen-bond acceptors (Lipinski definition) is 5. The summed E-state index contributed by atoms with van der Waals surface area (Å²) in [7, 11) is 1.79. The molecule has 0 bridgehead atoms. The molecule has 5 nitrogen and oxygen atoms in total. The quantitative estimate of drug-likeness (QED) is 0.667. The predicted octanol–water partition coefficient (Wildman–Crippen LogP) is 3.28. The SMILES string of the molecule is CNc1cc(Br)cc(-c2nnc(CCl)o2)c1C=N. The highest BCUT2D eigenvalue weighted by atomic mass is 79.9. The zero-order valence-corrected chi connectivity index (χ0v) is 11.8. The molecule has 1 aromatic heterocycles. The van der Waals surface area contributed by atoms with Crippen molar-refractivity contribution in [2.45, 2.75) is 5.88 Å². The van der Waals surface area contributed by atoms with E-state index < -0.39 is 0 Å². The van der Waals surface area contributed by atoms with Crippen molar-refractivity contribution in [2.75, 3.05) is 12.4 Å². The Morgan fingerprint density at radius 2 is 2.28 bits per heavy atom. The number of rotatable bonds is 4. The van der Waals surface area contributed by atoms with Gasteiger partial charge in [0, 0.05) is 29.0 Å². The van der Waals surface area contributed by atoms with Gasteiger partial charge in [0.1, 0.15) is 5.88 Å². The molecular formula is C11H10BrClN4O. The first kappa shape index (κ1) is 13.0. The fraction of sp³-hybridized carbons (Fsp3) is 0.182. The Balaban J connectivity index is 2.61. The van der Waals surface area contributed by atoms with Crippen molar-refractivity contribution in [2.24, 2.45) is 0 Å². The smallest absolute Gasteiger partial charge is 0.248 e. The van der Waals surface area contributed by atoms with Gasteiger partial charge in [-0.3, -0.25) is 0 Å². The number of nitrogens with zero attached hydrogens (tertiary/aromatic N) is 2. The lowest BCUT2D eigenvalue weighted by Gasteiger charge is -2.09. The minimum Gasteiger partial charge on any atom is -0.419 e. The van der Waals surface area contributed by atoms with E-state index in [1.165, 1.54) is 6.21 Å². The second-order valence-electron chi connectivity index (χ2n) is 3.44. The Labute approximate surface area is 117 Å². The van der Waals surface area contributed by atoms with Gasteiger partial charge in [-0.1, -0.05) is 15.9 Å². The van der Waals surface area contributed by atoms with E-state index in [4.69, 9.17) is 21.4 Å². The average Bonchev–Trinajstić information content (AvgIpc) is 2.86. The van der Waals surface area contributed by atoms with Crippen LogP contribution in [0.25, 0.3) is 11.5 Å². The third-order valence-corrected chi connectivity index (χ3v) is 3.06. The summed E-state index contributed by atoms with van der Waals surface area (Å²) in [6.45, 7) is 0. The molecule has 2 rings (SSSR count). The van der Waals surface area contributed by atoms with Gasteiger partial charge in [-0.25, -0.2) is 0 Å². The molecule has 0 aliphatic carbocycles. The number of aromatic nitrogens is 2. The average molecular weight is 330 g/mol. The summed E-state index contributed by atoms with van der Waals surface area (Å²) in [5, 5.41) is 18.3. The lowest BCUT2D eigenvalue weighted by molar-refractivity contribution is 0.527. The number of benzene rings is 1. The zero-order chi connectivity index (χ0) is 13.1. The van der Waals surface area contributed by atoms with E-state index in [0.717, 1.165) is 10.2 Å². The molecule has 0 atom stereocenters. The summed E-state index contributed by atoms with van der Waals surface area (Å²) in [4.78, 5) is 0. The van der Waals surface area contributed by atoms with Gasteiger partial charge in [-0.05, 0) is 12.1 Å². The molecule has 0 fully saturated rings. The lowest BCUT2D eigenvalue weighted by Crippen LogP contribution is -1.97. The standard InChI is InChI=1S/C11H10BrClN4O/c1-15-9-3-6(12)2-7(8(9)5-14)11-17-16-10(4-13)18-11/h2-3,5,14-15H,4H2,1H3. The second kappa shape index (κ2) is 5.49. The minimum absolute atomic E-state index is 0.166. The van der Waals surface area contributed by atoms with Crippen LogP contribution in [-0.2, 0) is 5.88 Å². The highest BCUT2D eigenvalue weighted by Crippen LogP contribution is 2.31. The molecule has 0 unspecified atom stereocenters. The van der Waals surface area contributed by atoms with Crippen LogP contribution in [0.3, 0.4) is 0 Å². The van der Waals surface area contributed by atoms with E-state index in [-0.39, 0.29) is 5.88 Å².